The van der Waals surface area contributed by atoms with E-state index in [1.54, 1.807) is 0 Å². The lowest BCUT2D eigenvalue weighted by molar-refractivity contribution is 0.0314. The second-order valence-corrected chi connectivity index (χ2v) is 7.44. The van der Waals surface area contributed by atoms with Gasteiger partial charge in [-0.1, -0.05) is 20.8 Å². The van der Waals surface area contributed by atoms with Crippen molar-refractivity contribution in [3.63, 3.8) is 0 Å². The van der Waals surface area contributed by atoms with E-state index in [0.717, 1.165) is 50.7 Å². The van der Waals surface area contributed by atoms with Crippen LogP contribution in [0, 0.1) is 12.3 Å². The lowest BCUT2D eigenvalue weighted by atomic mass is 9.94. The van der Waals surface area contributed by atoms with Gasteiger partial charge in [-0.25, -0.2) is 0 Å². The molecule has 1 aliphatic heterocycles. The summed E-state index contributed by atoms with van der Waals surface area (Å²) in [5.41, 5.74) is 0.300. The van der Waals surface area contributed by atoms with Crippen molar-refractivity contribution >= 4 is 0 Å². The van der Waals surface area contributed by atoms with Crippen LogP contribution in [0.1, 0.15) is 38.7 Å². The zero-order chi connectivity index (χ0) is 15.5. The first-order valence-electron chi connectivity index (χ1n) is 8.00. The number of rotatable bonds is 5. The summed E-state index contributed by atoms with van der Waals surface area (Å²) >= 11 is 0. The van der Waals surface area contributed by atoms with Gasteiger partial charge in [0.05, 0.1) is 6.54 Å². The van der Waals surface area contributed by atoms with Gasteiger partial charge in [0.15, 0.2) is 0 Å². The van der Waals surface area contributed by atoms with Gasteiger partial charge in [-0.2, -0.15) is 0 Å². The predicted molar refractivity (Wildman–Crippen MR) is 85.2 cm³/mol. The molecule has 0 bridgehead atoms. The van der Waals surface area contributed by atoms with Crippen LogP contribution in [0.25, 0.3) is 0 Å². The molecule has 1 aromatic rings. The smallest absolute Gasteiger partial charge is 0.118 e. The number of aliphatic hydroxyl groups excluding tert-OH is 1. The maximum atomic E-state index is 9.35. The highest BCUT2D eigenvalue weighted by Crippen LogP contribution is 2.22. The Morgan fingerprint density at radius 3 is 2.62 bits per heavy atom. The van der Waals surface area contributed by atoms with Gasteiger partial charge in [0.25, 0.3) is 0 Å². The van der Waals surface area contributed by atoms with Gasteiger partial charge in [0.1, 0.15) is 11.5 Å². The van der Waals surface area contributed by atoms with E-state index in [1.807, 2.05) is 13.0 Å². The number of hydrogen-bond donors (Lipinski definition) is 1. The molecule has 4 heteroatoms. The molecule has 1 atom stereocenters. The minimum absolute atomic E-state index is 0.263. The van der Waals surface area contributed by atoms with E-state index >= 15 is 0 Å². The van der Waals surface area contributed by atoms with E-state index in [9.17, 15) is 5.11 Å². The molecule has 1 aromatic heterocycles. The summed E-state index contributed by atoms with van der Waals surface area (Å²) in [6.45, 7) is 14.2. The van der Waals surface area contributed by atoms with E-state index in [4.69, 9.17) is 4.42 Å². The van der Waals surface area contributed by atoms with E-state index < -0.39 is 0 Å². The van der Waals surface area contributed by atoms with Crippen LogP contribution in [0.3, 0.4) is 0 Å². The fourth-order valence-electron chi connectivity index (χ4n) is 3.13. The van der Waals surface area contributed by atoms with Crippen molar-refractivity contribution in [2.24, 2.45) is 5.41 Å². The molecule has 0 aromatic carbocycles. The van der Waals surface area contributed by atoms with E-state index in [-0.39, 0.29) is 6.61 Å². The summed E-state index contributed by atoms with van der Waals surface area (Å²) in [4.78, 5) is 4.98. The minimum Gasteiger partial charge on any atom is -0.465 e. The highest BCUT2D eigenvalue weighted by atomic mass is 16.3. The first kappa shape index (κ1) is 16.5. The average Bonchev–Trinajstić information content (AvgIpc) is 2.77. The fraction of sp³-hybridized carbons (Fsp3) is 0.765. The van der Waals surface area contributed by atoms with Gasteiger partial charge in [-0.3, -0.25) is 9.80 Å². The van der Waals surface area contributed by atoms with Gasteiger partial charge in [-0.15, -0.1) is 0 Å². The number of piperazine rings is 1. The molecule has 0 amide bonds. The van der Waals surface area contributed by atoms with Crippen molar-refractivity contribution in [2.75, 3.05) is 32.8 Å². The van der Waals surface area contributed by atoms with Crippen LogP contribution < -0.4 is 0 Å². The fourth-order valence-corrected chi connectivity index (χ4v) is 3.13. The van der Waals surface area contributed by atoms with Crippen molar-refractivity contribution in [3.05, 3.63) is 23.7 Å². The second-order valence-electron chi connectivity index (χ2n) is 7.44. The Hall–Kier alpha value is -0.840. The Bertz CT molecular complexity index is 436. The van der Waals surface area contributed by atoms with Crippen molar-refractivity contribution in [2.45, 2.75) is 46.7 Å². The summed E-state index contributed by atoms with van der Waals surface area (Å²) in [7, 11) is 0. The third kappa shape index (κ3) is 5.13. The molecule has 4 nitrogen and oxygen atoms in total. The van der Waals surface area contributed by atoms with Crippen molar-refractivity contribution in [1.29, 1.82) is 0 Å². The Balaban J connectivity index is 1.94. The Morgan fingerprint density at radius 2 is 2.05 bits per heavy atom. The van der Waals surface area contributed by atoms with Gasteiger partial charge < -0.3 is 9.52 Å². The Morgan fingerprint density at radius 1 is 1.29 bits per heavy atom. The Labute approximate surface area is 128 Å². The zero-order valence-electron chi connectivity index (χ0n) is 13.9. The lowest BCUT2D eigenvalue weighted by Gasteiger charge is -2.43. The summed E-state index contributed by atoms with van der Waals surface area (Å²) in [5, 5.41) is 9.35. The Kier molecular flexibility index (Phi) is 5.47. The lowest BCUT2D eigenvalue weighted by Crippen LogP contribution is -2.54. The molecule has 21 heavy (non-hydrogen) atoms. The van der Waals surface area contributed by atoms with Gasteiger partial charge in [0.2, 0.25) is 0 Å². The summed E-state index contributed by atoms with van der Waals surface area (Å²) in [5.74, 6) is 2.02. The van der Waals surface area contributed by atoms with E-state index in [2.05, 4.69) is 36.6 Å². The summed E-state index contributed by atoms with van der Waals surface area (Å²) in [6, 6.07) is 4.54. The molecule has 0 aliphatic carbocycles. The molecule has 2 heterocycles. The molecule has 2 rings (SSSR count). The quantitative estimate of drug-likeness (QED) is 0.906. The molecule has 1 N–H and O–H groups in total. The van der Waals surface area contributed by atoms with Crippen molar-refractivity contribution < 1.29 is 9.52 Å². The maximum Gasteiger partial charge on any atom is 0.118 e. The monoisotopic (exact) mass is 294 g/mol. The third-order valence-corrected chi connectivity index (χ3v) is 4.00. The molecule has 0 radical (unpaired) electrons. The SMILES string of the molecule is Cc1ccc(CN2CCN(CC(C)(C)C)C(CCO)C2)o1. The topological polar surface area (TPSA) is 39.9 Å². The minimum atomic E-state index is 0.263. The third-order valence-electron chi connectivity index (χ3n) is 4.00. The predicted octanol–water partition coefficient (Wildman–Crippen LogP) is 2.50. The van der Waals surface area contributed by atoms with Crippen LogP contribution in [0.15, 0.2) is 16.5 Å². The van der Waals surface area contributed by atoms with Gasteiger partial charge in [-0.05, 0) is 30.9 Å². The molecule has 1 saturated heterocycles. The second kappa shape index (κ2) is 6.95. The van der Waals surface area contributed by atoms with Crippen LogP contribution in [0.5, 0.6) is 0 Å². The van der Waals surface area contributed by atoms with Crippen LogP contribution in [-0.4, -0.2) is 53.7 Å². The van der Waals surface area contributed by atoms with Crippen LogP contribution >= 0.6 is 0 Å². The number of nitrogens with zero attached hydrogens (tertiary/aromatic N) is 2. The number of furan rings is 1. The summed E-state index contributed by atoms with van der Waals surface area (Å²) < 4.78 is 5.68. The number of aliphatic hydroxyl groups is 1. The highest BCUT2D eigenvalue weighted by Gasteiger charge is 2.29. The van der Waals surface area contributed by atoms with Crippen molar-refractivity contribution in [3.8, 4) is 0 Å². The summed E-state index contributed by atoms with van der Waals surface area (Å²) in [6.07, 6.45) is 0.851. The molecule has 1 fully saturated rings. The van der Waals surface area contributed by atoms with Crippen LogP contribution in [0.4, 0.5) is 0 Å². The van der Waals surface area contributed by atoms with Gasteiger partial charge in [0, 0.05) is 38.8 Å². The van der Waals surface area contributed by atoms with E-state index in [0.29, 0.717) is 11.5 Å². The molecule has 1 unspecified atom stereocenters. The molecule has 0 spiro atoms. The maximum absolute atomic E-state index is 9.35. The zero-order valence-corrected chi connectivity index (χ0v) is 13.9. The van der Waals surface area contributed by atoms with Crippen molar-refractivity contribution in [1.82, 2.24) is 9.80 Å². The van der Waals surface area contributed by atoms with Crippen LogP contribution in [0.2, 0.25) is 0 Å². The molecule has 1 aliphatic rings. The number of aryl methyl sites for hydroxylation is 1. The van der Waals surface area contributed by atoms with E-state index in [1.165, 1.54) is 0 Å². The molecule has 0 saturated carbocycles. The molecular formula is C17H30N2O2. The normalized spacial score (nSPS) is 21.9. The first-order chi connectivity index (χ1) is 9.87. The number of hydrogen-bond acceptors (Lipinski definition) is 4. The first-order valence-corrected chi connectivity index (χ1v) is 8.00. The molecular weight excluding hydrogens is 264 g/mol. The standard InChI is InChI=1S/C17H30N2O2/c1-14-5-6-16(21-14)12-18-8-9-19(13-17(2,3)4)15(11-18)7-10-20/h5-6,15,20H,7-13H2,1-4H3. The van der Waals surface area contributed by atoms with Gasteiger partial charge >= 0.3 is 0 Å². The van der Waals surface area contributed by atoms with Crippen LogP contribution in [-0.2, 0) is 6.54 Å². The largest absolute Gasteiger partial charge is 0.465 e. The highest BCUT2D eigenvalue weighted by molar-refractivity contribution is 5.05. The average molecular weight is 294 g/mol. The molecule has 120 valence electrons.